The van der Waals surface area contributed by atoms with Crippen LogP contribution in [0, 0.1) is 6.92 Å². The first-order valence-electron chi connectivity index (χ1n) is 12.5. The van der Waals surface area contributed by atoms with Gasteiger partial charge in [-0.15, -0.1) is 10.2 Å². The summed E-state index contributed by atoms with van der Waals surface area (Å²) >= 11 is 7.46. The first-order valence-corrected chi connectivity index (χ1v) is 13.8. The average Bonchev–Trinajstić information content (AvgIpc) is 3.32. The maximum Gasteiger partial charge on any atom is 0.340 e. The van der Waals surface area contributed by atoms with Crippen molar-refractivity contribution in [3.8, 4) is 5.75 Å². The Morgan fingerprint density at radius 1 is 1.14 bits per heavy atom. The Labute approximate surface area is 226 Å². The van der Waals surface area contributed by atoms with Gasteiger partial charge in [-0.2, -0.15) is 0 Å². The molecule has 1 saturated carbocycles. The lowest BCUT2D eigenvalue weighted by Gasteiger charge is -2.25. The van der Waals surface area contributed by atoms with Crippen LogP contribution in [0.3, 0.4) is 0 Å². The average molecular weight is 543 g/mol. The highest BCUT2D eigenvalue weighted by molar-refractivity contribution is 7.99. The molecule has 1 heterocycles. The summed E-state index contributed by atoms with van der Waals surface area (Å²) < 4.78 is 13.2. The largest absolute Gasteiger partial charge is 0.486 e. The van der Waals surface area contributed by atoms with Gasteiger partial charge in [0.1, 0.15) is 12.4 Å². The van der Waals surface area contributed by atoms with E-state index in [9.17, 15) is 9.59 Å². The topological polar surface area (TPSA) is 95.3 Å². The minimum Gasteiger partial charge on any atom is -0.486 e. The molecule has 0 bridgehead atoms. The predicted octanol–water partition coefficient (Wildman–Crippen LogP) is 6.23. The van der Waals surface area contributed by atoms with Crippen LogP contribution in [-0.2, 0) is 16.1 Å². The smallest absolute Gasteiger partial charge is 0.340 e. The fraction of sp³-hybridized carbons (Fsp3) is 0.407. The normalized spacial score (nSPS) is 13.8. The van der Waals surface area contributed by atoms with E-state index in [2.05, 4.69) is 20.1 Å². The van der Waals surface area contributed by atoms with Crippen molar-refractivity contribution in [3.63, 3.8) is 0 Å². The van der Waals surface area contributed by atoms with E-state index in [1.807, 2.05) is 25.1 Å². The van der Waals surface area contributed by atoms with Gasteiger partial charge in [-0.25, -0.2) is 4.79 Å². The Hall–Kier alpha value is -3.04. The minimum atomic E-state index is -0.469. The fourth-order valence-electron chi connectivity index (χ4n) is 4.36. The Bertz CT molecular complexity index is 1240. The van der Waals surface area contributed by atoms with Gasteiger partial charge in [0, 0.05) is 11.1 Å². The Kier molecular flexibility index (Phi) is 9.46. The summed E-state index contributed by atoms with van der Waals surface area (Å²) in [5, 5.41) is 13.0. The van der Waals surface area contributed by atoms with E-state index in [1.54, 1.807) is 31.2 Å². The van der Waals surface area contributed by atoms with Crippen LogP contribution in [0.5, 0.6) is 5.75 Å². The number of nitrogens with zero attached hydrogens (tertiary/aromatic N) is 3. The first-order chi connectivity index (χ1) is 18.0. The lowest BCUT2D eigenvalue weighted by Crippen LogP contribution is -2.20. The molecule has 0 atom stereocenters. The van der Waals surface area contributed by atoms with E-state index in [4.69, 9.17) is 21.1 Å². The van der Waals surface area contributed by atoms with Gasteiger partial charge in [-0.1, -0.05) is 54.8 Å². The lowest BCUT2D eigenvalue weighted by molar-refractivity contribution is -0.113. The SMILES string of the molecule is CCOC(=O)c1ccccc1NC(=O)CSc1nnc(COc2ccc(Cl)c(C)c2)n1C1CCCCC1. The van der Waals surface area contributed by atoms with Crippen LogP contribution in [0.15, 0.2) is 47.6 Å². The highest BCUT2D eigenvalue weighted by Gasteiger charge is 2.24. The Morgan fingerprint density at radius 3 is 2.68 bits per heavy atom. The van der Waals surface area contributed by atoms with Gasteiger partial charge in [-0.05, 0) is 62.6 Å². The molecule has 0 aliphatic heterocycles. The van der Waals surface area contributed by atoms with Gasteiger partial charge >= 0.3 is 5.97 Å². The molecule has 2 aromatic carbocycles. The van der Waals surface area contributed by atoms with Crippen molar-refractivity contribution in [3.05, 3.63) is 64.4 Å². The van der Waals surface area contributed by atoms with Crippen LogP contribution < -0.4 is 10.1 Å². The van der Waals surface area contributed by atoms with Crippen molar-refractivity contribution >= 4 is 40.9 Å². The molecule has 1 N–H and O–H groups in total. The van der Waals surface area contributed by atoms with Crippen molar-refractivity contribution < 1.29 is 19.1 Å². The molecule has 0 spiro atoms. The number of nitrogens with one attached hydrogen (secondary N) is 1. The number of para-hydroxylation sites is 1. The molecule has 1 amide bonds. The Balaban J connectivity index is 1.45. The van der Waals surface area contributed by atoms with Crippen molar-refractivity contribution in [1.29, 1.82) is 0 Å². The van der Waals surface area contributed by atoms with Crippen LogP contribution in [0.2, 0.25) is 5.02 Å². The molecule has 0 unspecified atom stereocenters. The number of hydrogen-bond acceptors (Lipinski definition) is 7. The molecule has 8 nitrogen and oxygen atoms in total. The number of esters is 1. The van der Waals surface area contributed by atoms with E-state index in [0.717, 1.165) is 37.1 Å². The number of carbonyl (C=O) groups excluding carboxylic acids is 2. The third-order valence-corrected chi connectivity index (χ3v) is 7.57. The molecule has 1 aromatic heterocycles. The molecule has 4 rings (SSSR count). The molecule has 0 radical (unpaired) electrons. The number of halogens is 1. The molecular formula is C27H31ClN4O4S. The molecule has 10 heteroatoms. The number of aromatic nitrogens is 3. The third kappa shape index (κ3) is 7.05. The number of hydrogen-bond donors (Lipinski definition) is 1. The van der Waals surface area contributed by atoms with Crippen LogP contribution in [0.1, 0.15) is 66.8 Å². The molecule has 0 saturated heterocycles. The standard InChI is InChI=1S/C27H31ClN4O4S/c1-3-35-26(34)21-11-7-8-12-23(21)29-25(33)17-37-27-31-30-24(32(27)19-9-5-4-6-10-19)16-36-20-13-14-22(28)18(2)15-20/h7-8,11-15,19H,3-6,9-10,16-17H2,1-2H3,(H,29,33). The van der Waals surface area contributed by atoms with Gasteiger partial charge in [0.25, 0.3) is 0 Å². The summed E-state index contributed by atoms with van der Waals surface area (Å²) in [7, 11) is 0. The van der Waals surface area contributed by atoms with Gasteiger partial charge in [0.2, 0.25) is 5.91 Å². The van der Waals surface area contributed by atoms with Crippen LogP contribution in [-0.4, -0.2) is 39.0 Å². The molecule has 1 aliphatic carbocycles. The highest BCUT2D eigenvalue weighted by atomic mass is 35.5. The Morgan fingerprint density at radius 2 is 1.92 bits per heavy atom. The molecular weight excluding hydrogens is 512 g/mol. The van der Waals surface area contributed by atoms with Gasteiger partial charge in [-0.3, -0.25) is 9.36 Å². The quantitative estimate of drug-likeness (QED) is 0.239. The van der Waals surface area contributed by atoms with Crippen LogP contribution in [0.25, 0.3) is 0 Å². The predicted molar refractivity (Wildman–Crippen MR) is 144 cm³/mol. The molecule has 196 valence electrons. The van der Waals surface area contributed by atoms with E-state index >= 15 is 0 Å². The summed E-state index contributed by atoms with van der Waals surface area (Å²) in [4.78, 5) is 25.0. The summed E-state index contributed by atoms with van der Waals surface area (Å²) in [5.41, 5.74) is 1.69. The number of carbonyl (C=O) groups is 2. The number of amides is 1. The second-order valence-corrected chi connectivity index (χ2v) is 10.2. The second kappa shape index (κ2) is 13.0. The van der Waals surface area contributed by atoms with Crippen molar-refractivity contribution in [2.75, 3.05) is 17.7 Å². The minimum absolute atomic E-state index is 0.124. The van der Waals surface area contributed by atoms with Gasteiger partial charge < -0.3 is 14.8 Å². The zero-order chi connectivity index (χ0) is 26.2. The van der Waals surface area contributed by atoms with E-state index in [0.29, 0.717) is 27.2 Å². The molecule has 1 fully saturated rings. The zero-order valence-electron chi connectivity index (χ0n) is 21.0. The van der Waals surface area contributed by atoms with Crippen molar-refractivity contribution in [2.45, 2.75) is 63.8 Å². The maximum atomic E-state index is 12.8. The van der Waals surface area contributed by atoms with Crippen LogP contribution >= 0.6 is 23.4 Å². The molecule has 3 aromatic rings. The van der Waals surface area contributed by atoms with E-state index < -0.39 is 5.97 Å². The lowest BCUT2D eigenvalue weighted by atomic mass is 9.95. The van der Waals surface area contributed by atoms with E-state index in [1.165, 1.54) is 18.2 Å². The molecule has 37 heavy (non-hydrogen) atoms. The highest BCUT2D eigenvalue weighted by Crippen LogP contribution is 2.33. The number of benzene rings is 2. The number of aryl methyl sites for hydroxylation is 1. The summed E-state index contributed by atoms with van der Waals surface area (Å²) in [5.74, 6) is 0.862. The maximum absolute atomic E-state index is 12.8. The van der Waals surface area contributed by atoms with Crippen molar-refractivity contribution in [1.82, 2.24) is 14.8 Å². The number of ether oxygens (including phenoxy) is 2. The first kappa shape index (κ1) is 27.0. The summed E-state index contributed by atoms with van der Waals surface area (Å²) in [6.07, 6.45) is 5.60. The van der Waals surface area contributed by atoms with Crippen molar-refractivity contribution in [2.24, 2.45) is 0 Å². The number of anilines is 1. The summed E-state index contributed by atoms with van der Waals surface area (Å²) in [6, 6.07) is 12.6. The third-order valence-electron chi connectivity index (χ3n) is 6.20. The second-order valence-electron chi connectivity index (χ2n) is 8.86. The van der Waals surface area contributed by atoms with Gasteiger partial charge in [0.15, 0.2) is 11.0 Å². The number of thioether (sulfide) groups is 1. The fourth-order valence-corrected chi connectivity index (χ4v) is 5.30. The monoisotopic (exact) mass is 542 g/mol. The van der Waals surface area contributed by atoms with Gasteiger partial charge in [0.05, 0.1) is 23.6 Å². The number of rotatable bonds is 10. The van der Waals surface area contributed by atoms with Crippen LogP contribution in [0.4, 0.5) is 5.69 Å². The molecule has 1 aliphatic rings. The zero-order valence-corrected chi connectivity index (χ0v) is 22.6. The summed E-state index contributed by atoms with van der Waals surface area (Å²) in [6.45, 7) is 4.21. The van der Waals surface area contributed by atoms with E-state index in [-0.39, 0.29) is 30.9 Å².